The van der Waals surface area contributed by atoms with E-state index < -0.39 is 5.91 Å². The number of nitrogens with two attached hydrogens (primary N) is 1. The molecule has 15 heavy (non-hydrogen) atoms. The summed E-state index contributed by atoms with van der Waals surface area (Å²) in [6.45, 7) is 2.02. The average Bonchev–Trinajstić information content (AvgIpc) is 2.63. The number of aromatic nitrogens is 2. The second-order valence-electron chi connectivity index (χ2n) is 3.21. The number of hydrogen-bond donors (Lipinski definition) is 1. The van der Waals surface area contributed by atoms with E-state index in [4.69, 9.17) is 11.0 Å². The molecule has 1 rings (SSSR count). The van der Waals surface area contributed by atoms with Gasteiger partial charge in [0.2, 0.25) is 11.5 Å². The number of nitrogens with zero attached hydrogens (tertiary/aromatic N) is 4. The zero-order valence-corrected chi connectivity index (χ0v) is 8.47. The first kappa shape index (κ1) is 11.0. The van der Waals surface area contributed by atoms with Gasteiger partial charge in [0.25, 0.3) is 5.91 Å². The molecule has 2 N–H and O–H groups in total. The maximum absolute atomic E-state index is 11.7. The molecule has 0 spiro atoms. The fourth-order valence-electron chi connectivity index (χ4n) is 1.06. The van der Waals surface area contributed by atoms with Crippen LogP contribution in [0.1, 0.15) is 17.4 Å². The number of hydrogen-bond acceptors (Lipinski definition) is 6. The molecule has 80 valence electrons. The molecule has 7 heteroatoms. The minimum absolute atomic E-state index is 0.0253. The highest BCUT2D eigenvalue weighted by Gasteiger charge is 2.21. The van der Waals surface area contributed by atoms with Gasteiger partial charge in [-0.3, -0.25) is 4.79 Å². The molecular formula is C8H11N5O2. The number of anilines is 1. The van der Waals surface area contributed by atoms with E-state index in [2.05, 4.69) is 14.9 Å². The second-order valence-corrected chi connectivity index (χ2v) is 3.21. The van der Waals surface area contributed by atoms with Gasteiger partial charge in [0, 0.05) is 13.6 Å². The first-order valence-corrected chi connectivity index (χ1v) is 4.29. The van der Waals surface area contributed by atoms with Crippen LogP contribution in [0.2, 0.25) is 0 Å². The molecule has 1 unspecified atom stereocenters. The third-order valence-electron chi connectivity index (χ3n) is 1.83. The predicted molar refractivity (Wildman–Crippen MR) is 50.4 cm³/mol. The smallest absolute Gasteiger partial charge is 0.279 e. The summed E-state index contributed by atoms with van der Waals surface area (Å²) in [7, 11) is 1.56. The zero-order chi connectivity index (χ0) is 11.4. The molecule has 0 saturated heterocycles. The Bertz CT molecular complexity index is 394. The standard InChI is InChI=1S/C8H11N5O2/c1-5(3-9)4-13(2)8(14)6-7(10)12-15-11-6/h5H,4H2,1-2H3,(H2,10,12). The van der Waals surface area contributed by atoms with Crippen molar-refractivity contribution in [3.8, 4) is 6.07 Å². The van der Waals surface area contributed by atoms with Gasteiger partial charge < -0.3 is 10.6 Å². The largest absolute Gasteiger partial charge is 0.379 e. The van der Waals surface area contributed by atoms with Crippen LogP contribution >= 0.6 is 0 Å². The number of nitriles is 1. The maximum atomic E-state index is 11.7. The number of nitrogen functional groups attached to an aromatic ring is 1. The normalized spacial score (nSPS) is 11.8. The van der Waals surface area contributed by atoms with Gasteiger partial charge in [-0.2, -0.15) is 5.26 Å². The van der Waals surface area contributed by atoms with E-state index in [1.54, 1.807) is 14.0 Å². The van der Waals surface area contributed by atoms with Crippen LogP contribution in [0.3, 0.4) is 0 Å². The third kappa shape index (κ3) is 2.43. The molecule has 1 amide bonds. The summed E-state index contributed by atoms with van der Waals surface area (Å²) in [5.41, 5.74) is 5.34. The van der Waals surface area contributed by atoms with Gasteiger partial charge in [-0.15, -0.1) is 0 Å². The van der Waals surface area contributed by atoms with Crippen LogP contribution in [0.4, 0.5) is 5.82 Å². The lowest BCUT2D eigenvalue weighted by Crippen LogP contribution is -2.31. The van der Waals surface area contributed by atoms with Crippen molar-refractivity contribution in [1.82, 2.24) is 15.2 Å². The van der Waals surface area contributed by atoms with Crippen molar-refractivity contribution in [2.24, 2.45) is 5.92 Å². The minimum Gasteiger partial charge on any atom is -0.379 e. The quantitative estimate of drug-likeness (QED) is 0.743. The first-order chi connectivity index (χ1) is 7.06. The fourth-order valence-corrected chi connectivity index (χ4v) is 1.06. The molecule has 1 atom stereocenters. The minimum atomic E-state index is -0.407. The van der Waals surface area contributed by atoms with E-state index in [1.165, 1.54) is 4.90 Å². The van der Waals surface area contributed by atoms with E-state index in [-0.39, 0.29) is 17.4 Å². The molecule has 0 aromatic carbocycles. The highest BCUT2D eigenvalue weighted by molar-refractivity contribution is 5.95. The highest BCUT2D eigenvalue weighted by Crippen LogP contribution is 2.08. The number of amides is 1. The molecule has 7 nitrogen and oxygen atoms in total. The Kier molecular flexibility index (Phi) is 3.23. The van der Waals surface area contributed by atoms with Gasteiger partial charge in [0.15, 0.2) is 0 Å². The van der Waals surface area contributed by atoms with Gasteiger partial charge in [-0.25, -0.2) is 4.63 Å². The summed E-state index contributed by atoms with van der Waals surface area (Å²) in [5.74, 6) is -0.702. The SMILES string of the molecule is CC(C#N)CN(C)C(=O)c1nonc1N. The van der Waals surface area contributed by atoms with Crippen LogP contribution in [-0.4, -0.2) is 34.7 Å². The maximum Gasteiger partial charge on any atom is 0.279 e. The molecule has 0 aliphatic carbocycles. The van der Waals surface area contributed by atoms with E-state index in [0.717, 1.165) is 0 Å². The number of rotatable bonds is 3. The topological polar surface area (TPSA) is 109 Å². The van der Waals surface area contributed by atoms with Crippen LogP contribution in [0.5, 0.6) is 0 Å². The summed E-state index contributed by atoms with van der Waals surface area (Å²) < 4.78 is 4.31. The van der Waals surface area contributed by atoms with Gasteiger partial charge in [-0.1, -0.05) is 0 Å². The molecule has 0 saturated carbocycles. The lowest BCUT2D eigenvalue weighted by Gasteiger charge is -2.16. The van der Waals surface area contributed by atoms with Crippen LogP contribution in [0.25, 0.3) is 0 Å². The molecule has 0 aliphatic rings. The summed E-state index contributed by atoms with van der Waals surface area (Å²) in [6, 6.07) is 2.03. The Labute approximate surface area is 86.4 Å². The Morgan fingerprint density at radius 1 is 1.73 bits per heavy atom. The van der Waals surface area contributed by atoms with Crippen molar-refractivity contribution in [2.75, 3.05) is 19.3 Å². The first-order valence-electron chi connectivity index (χ1n) is 4.29. The Balaban J connectivity index is 2.70. The zero-order valence-electron chi connectivity index (χ0n) is 8.47. The van der Waals surface area contributed by atoms with Gasteiger partial charge in [-0.05, 0) is 17.2 Å². The molecule has 0 bridgehead atoms. The molecule has 0 fully saturated rings. The van der Waals surface area contributed by atoms with Gasteiger partial charge in [0.05, 0.1) is 12.0 Å². The van der Waals surface area contributed by atoms with Crippen LogP contribution in [0.15, 0.2) is 4.63 Å². The van der Waals surface area contributed by atoms with Crippen molar-refractivity contribution in [3.63, 3.8) is 0 Å². The average molecular weight is 209 g/mol. The summed E-state index contributed by atoms with van der Waals surface area (Å²) in [4.78, 5) is 13.0. The summed E-state index contributed by atoms with van der Waals surface area (Å²) in [5, 5.41) is 15.3. The molecule has 1 heterocycles. The van der Waals surface area contributed by atoms with Crippen molar-refractivity contribution < 1.29 is 9.42 Å². The number of carbonyl (C=O) groups is 1. The van der Waals surface area contributed by atoms with Crippen molar-refractivity contribution >= 4 is 11.7 Å². The Hall–Kier alpha value is -2.10. The van der Waals surface area contributed by atoms with E-state index >= 15 is 0 Å². The Morgan fingerprint density at radius 2 is 2.40 bits per heavy atom. The summed E-state index contributed by atoms with van der Waals surface area (Å²) in [6.07, 6.45) is 0. The van der Waals surface area contributed by atoms with Crippen molar-refractivity contribution in [2.45, 2.75) is 6.92 Å². The lowest BCUT2D eigenvalue weighted by atomic mass is 10.2. The summed E-state index contributed by atoms with van der Waals surface area (Å²) >= 11 is 0. The second kappa shape index (κ2) is 4.41. The van der Waals surface area contributed by atoms with Gasteiger partial charge in [0.1, 0.15) is 0 Å². The van der Waals surface area contributed by atoms with Crippen LogP contribution in [0, 0.1) is 17.2 Å². The fraction of sp³-hybridized carbons (Fsp3) is 0.500. The third-order valence-corrected chi connectivity index (χ3v) is 1.83. The van der Waals surface area contributed by atoms with Crippen LogP contribution < -0.4 is 5.73 Å². The highest BCUT2D eigenvalue weighted by atomic mass is 16.6. The van der Waals surface area contributed by atoms with E-state index in [1.807, 2.05) is 6.07 Å². The van der Waals surface area contributed by atoms with Crippen LogP contribution in [-0.2, 0) is 0 Å². The molecule has 1 aromatic rings. The Morgan fingerprint density at radius 3 is 2.87 bits per heavy atom. The van der Waals surface area contributed by atoms with Gasteiger partial charge >= 0.3 is 0 Å². The van der Waals surface area contributed by atoms with Crippen molar-refractivity contribution in [1.29, 1.82) is 5.26 Å². The molecule has 0 radical (unpaired) electrons. The van der Waals surface area contributed by atoms with E-state index in [9.17, 15) is 4.79 Å². The lowest BCUT2D eigenvalue weighted by molar-refractivity contribution is 0.0775. The molecular weight excluding hydrogens is 198 g/mol. The molecule has 0 aliphatic heterocycles. The monoisotopic (exact) mass is 209 g/mol. The van der Waals surface area contributed by atoms with Crippen molar-refractivity contribution in [3.05, 3.63) is 5.69 Å². The number of carbonyl (C=O) groups excluding carboxylic acids is 1. The molecule has 1 aromatic heterocycles. The predicted octanol–water partition coefficient (Wildman–Crippen LogP) is -0.117. The van der Waals surface area contributed by atoms with E-state index in [0.29, 0.717) is 6.54 Å².